The molecular formula is C12H22ClNO2. The number of unbranched alkanes of at least 4 members (excludes halogenated alkanes) is 1. The molecule has 1 aliphatic heterocycles. The van der Waals surface area contributed by atoms with E-state index in [2.05, 4.69) is 6.92 Å². The molecule has 0 spiro atoms. The van der Waals surface area contributed by atoms with Crippen molar-refractivity contribution in [3.63, 3.8) is 0 Å². The van der Waals surface area contributed by atoms with E-state index in [1.165, 1.54) is 0 Å². The van der Waals surface area contributed by atoms with Crippen LogP contribution in [0.1, 0.15) is 39.5 Å². The smallest absolute Gasteiger partial charge is 0.254 e. The third-order valence-electron chi connectivity index (χ3n) is 3.09. The first-order chi connectivity index (χ1) is 7.64. The summed E-state index contributed by atoms with van der Waals surface area (Å²) >= 11 is 5.74. The van der Waals surface area contributed by atoms with Crippen LogP contribution in [0.25, 0.3) is 0 Å². The molecule has 1 atom stereocenters. The molecule has 0 aromatic carbocycles. The zero-order valence-corrected chi connectivity index (χ0v) is 11.1. The Morgan fingerprint density at radius 1 is 1.50 bits per heavy atom. The monoisotopic (exact) mass is 247 g/mol. The maximum absolute atomic E-state index is 12.3. The van der Waals surface area contributed by atoms with E-state index in [4.69, 9.17) is 16.3 Å². The summed E-state index contributed by atoms with van der Waals surface area (Å²) in [7, 11) is 0. The first-order valence-electron chi connectivity index (χ1n) is 6.13. The van der Waals surface area contributed by atoms with Crippen molar-refractivity contribution in [3.05, 3.63) is 0 Å². The quantitative estimate of drug-likeness (QED) is 0.675. The summed E-state index contributed by atoms with van der Waals surface area (Å²) in [6.45, 7) is 6.14. The highest BCUT2D eigenvalue weighted by Gasteiger charge is 2.40. The van der Waals surface area contributed by atoms with E-state index in [9.17, 15) is 4.79 Å². The van der Waals surface area contributed by atoms with Gasteiger partial charge in [0.1, 0.15) is 5.60 Å². The molecular weight excluding hydrogens is 226 g/mol. The second-order valence-corrected chi connectivity index (χ2v) is 4.90. The zero-order chi connectivity index (χ0) is 12.0. The third-order valence-corrected chi connectivity index (χ3v) is 3.26. The molecule has 0 aromatic heterocycles. The number of carbonyl (C=O) groups excluding carboxylic acids is 1. The summed E-state index contributed by atoms with van der Waals surface area (Å²) < 4.78 is 5.58. The largest absolute Gasteiger partial charge is 0.365 e. The Morgan fingerprint density at radius 3 is 2.75 bits per heavy atom. The molecule has 94 valence electrons. The average molecular weight is 248 g/mol. The van der Waals surface area contributed by atoms with E-state index in [-0.39, 0.29) is 5.91 Å². The fourth-order valence-electron chi connectivity index (χ4n) is 2.05. The van der Waals surface area contributed by atoms with Gasteiger partial charge in [0, 0.05) is 25.6 Å². The second-order valence-electron chi connectivity index (χ2n) is 4.52. The van der Waals surface area contributed by atoms with Gasteiger partial charge in [0.05, 0.1) is 0 Å². The first-order valence-corrected chi connectivity index (χ1v) is 6.67. The summed E-state index contributed by atoms with van der Waals surface area (Å²) in [5, 5.41) is 0. The van der Waals surface area contributed by atoms with E-state index >= 15 is 0 Å². The second kappa shape index (κ2) is 6.45. The molecule has 0 radical (unpaired) electrons. The van der Waals surface area contributed by atoms with Crippen molar-refractivity contribution < 1.29 is 9.53 Å². The van der Waals surface area contributed by atoms with Crippen molar-refractivity contribution >= 4 is 17.5 Å². The van der Waals surface area contributed by atoms with Gasteiger partial charge in [-0.05, 0) is 26.2 Å². The molecule has 0 aliphatic carbocycles. The number of hydrogen-bond donors (Lipinski definition) is 0. The molecule has 0 N–H and O–H groups in total. The molecule has 1 rings (SSSR count). The van der Waals surface area contributed by atoms with Crippen molar-refractivity contribution in [2.45, 2.75) is 45.1 Å². The van der Waals surface area contributed by atoms with Gasteiger partial charge in [0.25, 0.3) is 5.91 Å². The maximum atomic E-state index is 12.3. The lowest BCUT2D eigenvalue weighted by atomic mass is 10.0. The Labute approximate surface area is 103 Å². The van der Waals surface area contributed by atoms with Gasteiger partial charge in [0.15, 0.2) is 0 Å². The molecule has 1 heterocycles. The predicted molar refractivity (Wildman–Crippen MR) is 65.8 cm³/mol. The van der Waals surface area contributed by atoms with Crippen molar-refractivity contribution in [2.75, 3.05) is 25.6 Å². The highest BCUT2D eigenvalue weighted by molar-refractivity contribution is 6.18. The average Bonchev–Trinajstić information content (AvgIpc) is 2.72. The van der Waals surface area contributed by atoms with Crippen LogP contribution in [0, 0.1) is 0 Å². The predicted octanol–water partition coefficient (Wildman–Crippen LogP) is 2.42. The maximum Gasteiger partial charge on any atom is 0.254 e. The minimum Gasteiger partial charge on any atom is -0.365 e. The molecule has 4 heteroatoms. The van der Waals surface area contributed by atoms with Crippen LogP contribution in [0.4, 0.5) is 0 Å². The Hall–Kier alpha value is -0.280. The van der Waals surface area contributed by atoms with E-state index < -0.39 is 5.60 Å². The van der Waals surface area contributed by atoms with Crippen molar-refractivity contribution in [1.82, 2.24) is 4.90 Å². The molecule has 0 aromatic rings. The van der Waals surface area contributed by atoms with Crippen LogP contribution in [0.3, 0.4) is 0 Å². The Kier molecular flexibility index (Phi) is 5.56. The normalized spacial score (nSPS) is 24.7. The molecule has 16 heavy (non-hydrogen) atoms. The van der Waals surface area contributed by atoms with Gasteiger partial charge < -0.3 is 9.64 Å². The molecule has 1 saturated heterocycles. The van der Waals surface area contributed by atoms with E-state index in [1.54, 1.807) is 0 Å². The van der Waals surface area contributed by atoms with Crippen LogP contribution >= 0.6 is 11.6 Å². The fourth-order valence-corrected chi connectivity index (χ4v) is 2.25. The highest BCUT2D eigenvalue weighted by atomic mass is 35.5. The lowest BCUT2D eigenvalue weighted by Crippen LogP contribution is -2.47. The van der Waals surface area contributed by atoms with Gasteiger partial charge in [-0.25, -0.2) is 0 Å². The third kappa shape index (κ3) is 3.36. The number of carbonyl (C=O) groups is 1. The van der Waals surface area contributed by atoms with Crippen LogP contribution in [-0.2, 0) is 9.53 Å². The van der Waals surface area contributed by atoms with E-state index in [1.807, 2.05) is 11.8 Å². The summed E-state index contributed by atoms with van der Waals surface area (Å²) in [5.74, 6) is 0.602. The SMILES string of the molecule is CCCCN(CCCl)C(=O)C1(C)CCCO1. The first kappa shape index (κ1) is 13.8. The summed E-state index contributed by atoms with van der Waals surface area (Å²) in [5.41, 5.74) is -0.597. The minimum absolute atomic E-state index is 0.110. The van der Waals surface area contributed by atoms with E-state index in [0.29, 0.717) is 19.0 Å². The van der Waals surface area contributed by atoms with Gasteiger partial charge in [-0.3, -0.25) is 4.79 Å². The summed E-state index contributed by atoms with van der Waals surface area (Å²) in [6.07, 6.45) is 3.92. The lowest BCUT2D eigenvalue weighted by Gasteiger charge is -2.30. The van der Waals surface area contributed by atoms with Gasteiger partial charge in [-0.2, -0.15) is 0 Å². The molecule has 0 saturated carbocycles. The Morgan fingerprint density at radius 2 is 2.25 bits per heavy atom. The van der Waals surface area contributed by atoms with Crippen LogP contribution < -0.4 is 0 Å². The Balaban J connectivity index is 2.58. The van der Waals surface area contributed by atoms with Crippen LogP contribution in [0.2, 0.25) is 0 Å². The molecule has 0 bridgehead atoms. The number of ether oxygens (including phenoxy) is 1. The van der Waals surface area contributed by atoms with Gasteiger partial charge in [-0.15, -0.1) is 11.6 Å². The number of rotatable bonds is 6. The van der Waals surface area contributed by atoms with Crippen LogP contribution in [0.5, 0.6) is 0 Å². The van der Waals surface area contributed by atoms with E-state index in [0.717, 1.165) is 32.2 Å². The number of halogens is 1. The van der Waals surface area contributed by atoms with Crippen LogP contribution in [-0.4, -0.2) is 42.0 Å². The standard InChI is InChI=1S/C12H22ClNO2/c1-3-4-8-14(9-7-13)11(15)12(2)6-5-10-16-12/h3-10H2,1-2H3. The molecule has 3 nitrogen and oxygen atoms in total. The molecule has 1 unspecified atom stereocenters. The lowest BCUT2D eigenvalue weighted by molar-refractivity contribution is -0.150. The topological polar surface area (TPSA) is 29.5 Å². The number of hydrogen-bond acceptors (Lipinski definition) is 2. The Bertz CT molecular complexity index is 227. The van der Waals surface area contributed by atoms with Gasteiger partial charge >= 0.3 is 0 Å². The number of nitrogens with zero attached hydrogens (tertiary/aromatic N) is 1. The summed E-state index contributed by atoms with van der Waals surface area (Å²) in [6, 6.07) is 0. The fraction of sp³-hybridized carbons (Fsp3) is 0.917. The minimum atomic E-state index is -0.597. The molecule has 1 fully saturated rings. The molecule has 1 aliphatic rings. The van der Waals surface area contributed by atoms with Crippen molar-refractivity contribution in [3.8, 4) is 0 Å². The summed E-state index contributed by atoms with van der Waals surface area (Å²) in [4.78, 5) is 14.2. The van der Waals surface area contributed by atoms with Gasteiger partial charge in [0.2, 0.25) is 0 Å². The molecule has 1 amide bonds. The van der Waals surface area contributed by atoms with Crippen molar-refractivity contribution in [1.29, 1.82) is 0 Å². The number of amides is 1. The van der Waals surface area contributed by atoms with Gasteiger partial charge in [-0.1, -0.05) is 13.3 Å². The number of alkyl halides is 1. The van der Waals surface area contributed by atoms with Crippen LogP contribution in [0.15, 0.2) is 0 Å². The zero-order valence-electron chi connectivity index (χ0n) is 10.3. The highest BCUT2D eigenvalue weighted by Crippen LogP contribution is 2.27. The van der Waals surface area contributed by atoms with Crippen molar-refractivity contribution in [2.24, 2.45) is 0 Å².